The Hall–Kier alpha value is -1.32. The zero-order chi connectivity index (χ0) is 15.1. The van der Waals surface area contributed by atoms with E-state index >= 15 is 0 Å². The monoisotopic (exact) mass is 270 g/mol. The molecule has 4 nitrogen and oxygen atoms in total. The summed E-state index contributed by atoms with van der Waals surface area (Å²) < 4.78 is 10.4. The number of hydrogen-bond acceptors (Lipinski definition) is 4. The Morgan fingerprint density at radius 2 is 1.79 bits per heavy atom. The van der Waals surface area contributed by atoms with Crippen LogP contribution < -0.4 is 0 Å². The van der Waals surface area contributed by atoms with Crippen LogP contribution in [-0.2, 0) is 19.1 Å². The first-order valence-corrected chi connectivity index (χ1v) is 6.80. The van der Waals surface area contributed by atoms with E-state index in [1.807, 2.05) is 13.8 Å². The zero-order valence-corrected chi connectivity index (χ0v) is 12.9. The summed E-state index contributed by atoms with van der Waals surface area (Å²) in [5, 5.41) is 0. The lowest BCUT2D eigenvalue weighted by Crippen LogP contribution is -2.27. The van der Waals surface area contributed by atoms with Gasteiger partial charge in [0, 0.05) is 0 Å². The summed E-state index contributed by atoms with van der Waals surface area (Å²) in [4.78, 5) is 23.5. The Balaban J connectivity index is 4.56. The van der Waals surface area contributed by atoms with Gasteiger partial charge in [0.25, 0.3) is 0 Å². The van der Waals surface area contributed by atoms with Crippen LogP contribution in [0.3, 0.4) is 0 Å². The quantitative estimate of drug-likeness (QED) is 0.549. The van der Waals surface area contributed by atoms with Gasteiger partial charge in [-0.25, -0.2) is 4.79 Å². The van der Waals surface area contributed by atoms with E-state index in [-0.39, 0.29) is 18.5 Å². The van der Waals surface area contributed by atoms with E-state index in [1.54, 1.807) is 33.8 Å². The molecule has 0 radical (unpaired) electrons. The van der Waals surface area contributed by atoms with Crippen molar-refractivity contribution in [3.63, 3.8) is 0 Å². The molecule has 0 aliphatic carbocycles. The van der Waals surface area contributed by atoms with E-state index in [0.717, 1.165) is 6.42 Å². The van der Waals surface area contributed by atoms with Crippen LogP contribution in [0, 0.1) is 5.92 Å². The highest BCUT2D eigenvalue weighted by molar-refractivity contribution is 5.89. The van der Waals surface area contributed by atoms with Crippen molar-refractivity contribution in [2.24, 2.45) is 5.92 Å². The molecular weight excluding hydrogens is 244 g/mol. The predicted octanol–water partition coefficient (Wildman–Crippen LogP) is 3.25. The van der Waals surface area contributed by atoms with Crippen molar-refractivity contribution in [1.82, 2.24) is 0 Å². The van der Waals surface area contributed by atoms with Crippen LogP contribution in [-0.4, -0.2) is 24.1 Å². The van der Waals surface area contributed by atoms with Gasteiger partial charge in [0.2, 0.25) is 0 Å². The number of ether oxygens (including phenoxy) is 2. The predicted molar refractivity (Wildman–Crippen MR) is 74.6 cm³/mol. The Kier molecular flexibility index (Phi) is 7.42. The van der Waals surface area contributed by atoms with Crippen LogP contribution in [0.5, 0.6) is 0 Å². The van der Waals surface area contributed by atoms with Crippen LogP contribution in [0.1, 0.15) is 54.4 Å². The molecule has 0 fully saturated rings. The van der Waals surface area contributed by atoms with Gasteiger partial charge in [-0.1, -0.05) is 26.8 Å². The molecule has 0 saturated heterocycles. The second-order valence-corrected chi connectivity index (χ2v) is 5.56. The Morgan fingerprint density at radius 1 is 1.21 bits per heavy atom. The molecule has 0 aromatic rings. The number of rotatable bonds is 6. The van der Waals surface area contributed by atoms with E-state index in [9.17, 15) is 9.59 Å². The van der Waals surface area contributed by atoms with Crippen LogP contribution in [0.25, 0.3) is 0 Å². The normalized spacial score (nSPS) is 13.9. The number of esters is 2. The highest BCUT2D eigenvalue weighted by Crippen LogP contribution is 2.13. The molecule has 0 aliphatic rings. The molecular formula is C15H26O4. The fourth-order valence-corrected chi connectivity index (χ4v) is 1.25. The number of allylic oxidation sites excluding steroid dienone is 1. The van der Waals surface area contributed by atoms with E-state index in [2.05, 4.69) is 0 Å². The second-order valence-electron chi connectivity index (χ2n) is 5.56. The largest absolute Gasteiger partial charge is 0.460 e. The molecule has 0 rings (SSSR count). The standard InChI is InChI=1S/C15H26O4/c1-7-9-12(14(17)19-15(4,5)6)10-18-13(16)11(3)8-2/h9,11H,7-8,10H2,1-6H3. The molecule has 0 aromatic heterocycles. The first-order chi connectivity index (χ1) is 8.71. The molecule has 19 heavy (non-hydrogen) atoms. The van der Waals surface area contributed by atoms with Crippen molar-refractivity contribution in [2.45, 2.75) is 60.0 Å². The van der Waals surface area contributed by atoms with Gasteiger partial charge in [-0.3, -0.25) is 4.79 Å². The smallest absolute Gasteiger partial charge is 0.337 e. The van der Waals surface area contributed by atoms with E-state index in [1.165, 1.54) is 0 Å². The Morgan fingerprint density at radius 3 is 2.21 bits per heavy atom. The highest BCUT2D eigenvalue weighted by atomic mass is 16.6. The van der Waals surface area contributed by atoms with Gasteiger partial charge in [-0.15, -0.1) is 0 Å². The third-order valence-corrected chi connectivity index (χ3v) is 2.50. The van der Waals surface area contributed by atoms with Gasteiger partial charge in [0.1, 0.15) is 12.2 Å². The van der Waals surface area contributed by atoms with Crippen molar-refractivity contribution in [1.29, 1.82) is 0 Å². The maximum atomic E-state index is 11.9. The van der Waals surface area contributed by atoms with Gasteiger partial charge >= 0.3 is 11.9 Å². The van der Waals surface area contributed by atoms with E-state index in [4.69, 9.17) is 9.47 Å². The minimum atomic E-state index is -0.551. The molecule has 1 atom stereocenters. The number of hydrogen-bond donors (Lipinski definition) is 0. The van der Waals surface area contributed by atoms with Gasteiger partial charge in [-0.2, -0.15) is 0 Å². The lowest BCUT2D eigenvalue weighted by molar-refractivity contribution is -0.152. The summed E-state index contributed by atoms with van der Waals surface area (Å²) in [6.07, 6.45) is 3.14. The van der Waals surface area contributed by atoms with Gasteiger partial charge < -0.3 is 9.47 Å². The van der Waals surface area contributed by atoms with Gasteiger partial charge in [-0.05, 0) is 33.6 Å². The lowest BCUT2D eigenvalue weighted by Gasteiger charge is -2.20. The first kappa shape index (κ1) is 17.7. The average Bonchev–Trinajstić information content (AvgIpc) is 2.30. The topological polar surface area (TPSA) is 52.6 Å². The maximum absolute atomic E-state index is 11.9. The fourth-order valence-electron chi connectivity index (χ4n) is 1.25. The second kappa shape index (κ2) is 7.97. The van der Waals surface area contributed by atoms with Gasteiger partial charge in [0.05, 0.1) is 11.5 Å². The molecule has 110 valence electrons. The summed E-state index contributed by atoms with van der Waals surface area (Å²) in [6.45, 7) is 11.0. The summed E-state index contributed by atoms with van der Waals surface area (Å²) in [7, 11) is 0. The molecule has 0 saturated carbocycles. The van der Waals surface area contributed by atoms with E-state index < -0.39 is 11.6 Å². The summed E-state index contributed by atoms with van der Waals surface area (Å²) in [5.74, 6) is -0.860. The van der Waals surface area contributed by atoms with Crippen LogP contribution in [0.2, 0.25) is 0 Å². The lowest BCUT2D eigenvalue weighted by atomic mass is 10.1. The molecule has 0 amide bonds. The molecule has 0 spiro atoms. The average molecular weight is 270 g/mol. The first-order valence-electron chi connectivity index (χ1n) is 6.80. The zero-order valence-electron chi connectivity index (χ0n) is 12.9. The summed E-state index contributed by atoms with van der Waals surface area (Å²) in [5.41, 5.74) is -0.154. The summed E-state index contributed by atoms with van der Waals surface area (Å²) >= 11 is 0. The molecule has 1 unspecified atom stereocenters. The molecule has 0 aromatic carbocycles. The van der Waals surface area contributed by atoms with E-state index in [0.29, 0.717) is 12.0 Å². The van der Waals surface area contributed by atoms with Gasteiger partial charge in [0.15, 0.2) is 0 Å². The van der Waals surface area contributed by atoms with Crippen LogP contribution in [0.4, 0.5) is 0 Å². The Bertz CT molecular complexity index is 337. The van der Waals surface area contributed by atoms with Crippen molar-refractivity contribution >= 4 is 11.9 Å². The van der Waals surface area contributed by atoms with Crippen molar-refractivity contribution in [3.05, 3.63) is 11.6 Å². The van der Waals surface area contributed by atoms with Crippen LogP contribution in [0.15, 0.2) is 11.6 Å². The minimum absolute atomic E-state index is 0.0219. The Labute approximate surface area is 116 Å². The summed E-state index contributed by atoms with van der Waals surface area (Å²) in [6, 6.07) is 0. The minimum Gasteiger partial charge on any atom is -0.460 e. The molecule has 0 aliphatic heterocycles. The maximum Gasteiger partial charge on any atom is 0.337 e. The molecule has 0 bridgehead atoms. The fraction of sp³-hybridized carbons (Fsp3) is 0.733. The molecule has 0 heterocycles. The number of carbonyl (C=O) groups is 2. The molecule has 4 heteroatoms. The van der Waals surface area contributed by atoms with Crippen LogP contribution >= 0.6 is 0 Å². The van der Waals surface area contributed by atoms with Crippen molar-refractivity contribution in [3.8, 4) is 0 Å². The van der Waals surface area contributed by atoms with Crippen molar-refractivity contribution in [2.75, 3.05) is 6.61 Å². The molecule has 0 N–H and O–H groups in total. The SMILES string of the molecule is CCC=C(COC(=O)C(C)CC)C(=O)OC(C)(C)C. The number of carbonyl (C=O) groups excluding carboxylic acids is 2. The highest BCUT2D eigenvalue weighted by Gasteiger charge is 2.21. The van der Waals surface area contributed by atoms with Crippen molar-refractivity contribution < 1.29 is 19.1 Å². The third kappa shape index (κ3) is 7.65. The third-order valence-electron chi connectivity index (χ3n) is 2.50.